The lowest BCUT2D eigenvalue weighted by atomic mass is 10.0. The highest BCUT2D eigenvalue weighted by Gasteiger charge is 2.17. The number of H-pyrrole nitrogens is 1. The Morgan fingerprint density at radius 2 is 1.76 bits per heavy atom. The number of anilines is 1. The fourth-order valence-corrected chi connectivity index (χ4v) is 3.18. The minimum atomic E-state index is -0.205. The summed E-state index contributed by atoms with van der Waals surface area (Å²) in [5.74, 6) is 1.10. The van der Waals surface area contributed by atoms with Crippen LogP contribution in [0, 0.1) is 0 Å². The van der Waals surface area contributed by atoms with Gasteiger partial charge in [0, 0.05) is 29.1 Å². The molecule has 2 heterocycles. The topological polar surface area (TPSA) is 74.6 Å². The lowest BCUT2D eigenvalue weighted by molar-refractivity contribution is -0.377. The molecule has 29 heavy (non-hydrogen) atoms. The molecule has 2 aromatic heterocycles. The normalized spacial score (nSPS) is 10.6. The van der Waals surface area contributed by atoms with Crippen molar-refractivity contribution in [2.24, 2.45) is 0 Å². The summed E-state index contributed by atoms with van der Waals surface area (Å²) < 4.78 is 10.8. The summed E-state index contributed by atoms with van der Waals surface area (Å²) >= 11 is 0. The van der Waals surface area contributed by atoms with Gasteiger partial charge in [0.15, 0.2) is 12.4 Å². The first-order valence-electron chi connectivity index (χ1n) is 9.09. The van der Waals surface area contributed by atoms with Crippen LogP contribution in [0.5, 0.6) is 11.5 Å². The number of ether oxygens (including phenoxy) is 2. The van der Waals surface area contributed by atoms with Crippen LogP contribution in [0.2, 0.25) is 0 Å². The summed E-state index contributed by atoms with van der Waals surface area (Å²) in [4.78, 5) is 20.8. The molecule has 0 unspecified atom stereocenters. The van der Waals surface area contributed by atoms with Crippen molar-refractivity contribution in [1.82, 2.24) is 4.98 Å². The largest absolute Gasteiger partial charge is 0.497 e. The monoisotopic (exact) mass is 386 g/mol. The highest BCUT2D eigenvalue weighted by Crippen LogP contribution is 2.34. The molecule has 4 aromatic rings. The van der Waals surface area contributed by atoms with Crippen molar-refractivity contribution in [3.8, 4) is 22.8 Å². The molecular weight excluding hydrogens is 366 g/mol. The van der Waals surface area contributed by atoms with Crippen LogP contribution in [0.1, 0.15) is 10.4 Å². The van der Waals surface area contributed by atoms with Crippen LogP contribution in [0.3, 0.4) is 0 Å². The molecule has 6 heteroatoms. The van der Waals surface area contributed by atoms with Crippen LogP contribution >= 0.6 is 0 Å². The molecule has 0 atom stereocenters. The standard InChI is InChI=1S/C23H19N3O3/c1-28-16-7-8-18(22(13-16)29-2)21-14-19(17-5-3-4-6-20(17)26-21)23(27)25-15-9-11-24-12-10-15/h3-14H,1-2H3,(H,24,25,27)/p+1. The third-order valence-corrected chi connectivity index (χ3v) is 4.62. The number of hydrogen-bond acceptors (Lipinski definition) is 4. The van der Waals surface area contributed by atoms with Gasteiger partial charge >= 0.3 is 0 Å². The minimum Gasteiger partial charge on any atom is -0.497 e. The molecule has 1 amide bonds. The zero-order chi connectivity index (χ0) is 20.2. The smallest absolute Gasteiger partial charge is 0.256 e. The second-order valence-corrected chi connectivity index (χ2v) is 6.38. The van der Waals surface area contributed by atoms with Gasteiger partial charge in [-0.05, 0) is 24.3 Å². The van der Waals surface area contributed by atoms with Gasteiger partial charge in [-0.15, -0.1) is 0 Å². The summed E-state index contributed by atoms with van der Waals surface area (Å²) in [5.41, 5.74) is 3.40. The number of carbonyl (C=O) groups excluding carboxylic acids is 1. The van der Waals surface area contributed by atoms with E-state index in [0.717, 1.165) is 16.5 Å². The first-order valence-corrected chi connectivity index (χ1v) is 9.09. The molecule has 6 nitrogen and oxygen atoms in total. The van der Waals surface area contributed by atoms with E-state index in [1.165, 1.54) is 0 Å². The third-order valence-electron chi connectivity index (χ3n) is 4.62. The molecule has 144 valence electrons. The van der Waals surface area contributed by atoms with Crippen LogP contribution in [-0.2, 0) is 0 Å². The van der Waals surface area contributed by atoms with Crippen LogP contribution in [0.25, 0.3) is 22.2 Å². The Bertz CT molecular complexity index is 1180. The van der Waals surface area contributed by atoms with Crippen LogP contribution in [0.15, 0.2) is 73.1 Å². The summed E-state index contributed by atoms with van der Waals surface area (Å²) in [5, 5.41) is 3.72. The number of fused-ring (bicyclic) bond motifs is 1. The maximum Gasteiger partial charge on any atom is 0.256 e. The van der Waals surface area contributed by atoms with Gasteiger partial charge in [-0.2, -0.15) is 0 Å². The molecule has 0 radical (unpaired) electrons. The molecule has 0 aliphatic carbocycles. The first-order chi connectivity index (χ1) is 14.2. The molecular formula is C23H20N3O3+. The van der Waals surface area contributed by atoms with E-state index in [-0.39, 0.29) is 5.91 Å². The molecule has 2 N–H and O–H groups in total. The summed E-state index contributed by atoms with van der Waals surface area (Å²) in [6, 6.07) is 18.5. The van der Waals surface area contributed by atoms with Gasteiger partial charge in [-0.3, -0.25) is 4.79 Å². The Morgan fingerprint density at radius 1 is 0.966 bits per heavy atom. The molecule has 0 aliphatic heterocycles. The Labute approximate surface area is 168 Å². The SMILES string of the molecule is COc1ccc(-c2cc(C(=O)Nc3cc[nH+]cc3)c3ccccc3n2)c(OC)c1. The Morgan fingerprint density at radius 3 is 2.52 bits per heavy atom. The Kier molecular flexibility index (Phi) is 5.07. The number of carbonyl (C=O) groups is 1. The van der Waals surface area contributed by atoms with E-state index in [2.05, 4.69) is 10.3 Å². The number of para-hydroxylation sites is 1. The van der Waals surface area contributed by atoms with E-state index in [1.807, 2.05) is 36.4 Å². The fourth-order valence-electron chi connectivity index (χ4n) is 3.18. The van der Waals surface area contributed by atoms with Crippen molar-refractivity contribution in [3.63, 3.8) is 0 Å². The van der Waals surface area contributed by atoms with Gasteiger partial charge < -0.3 is 14.8 Å². The number of nitrogens with zero attached hydrogens (tertiary/aromatic N) is 1. The number of aromatic nitrogens is 2. The molecule has 4 rings (SSSR count). The maximum atomic E-state index is 13.1. The van der Waals surface area contributed by atoms with Crippen molar-refractivity contribution < 1.29 is 19.3 Å². The summed E-state index contributed by atoms with van der Waals surface area (Å²) in [6.45, 7) is 0. The molecule has 0 bridgehead atoms. The molecule has 0 spiro atoms. The summed E-state index contributed by atoms with van der Waals surface area (Å²) in [7, 11) is 3.20. The van der Waals surface area contributed by atoms with E-state index in [1.54, 1.807) is 50.9 Å². The molecule has 0 saturated carbocycles. The van der Waals surface area contributed by atoms with Crippen molar-refractivity contribution in [3.05, 3.63) is 78.6 Å². The predicted molar refractivity (Wildman–Crippen MR) is 111 cm³/mol. The van der Waals surface area contributed by atoms with E-state index in [9.17, 15) is 4.79 Å². The van der Waals surface area contributed by atoms with E-state index >= 15 is 0 Å². The van der Waals surface area contributed by atoms with Crippen LogP contribution in [0.4, 0.5) is 5.69 Å². The number of amides is 1. The first kappa shape index (κ1) is 18.4. The van der Waals surface area contributed by atoms with E-state index in [4.69, 9.17) is 14.5 Å². The minimum absolute atomic E-state index is 0.205. The second kappa shape index (κ2) is 7.98. The number of rotatable bonds is 5. The average Bonchev–Trinajstić information content (AvgIpc) is 2.78. The predicted octanol–water partition coefficient (Wildman–Crippen LogP) is 3.99. The highest BCUT2D eigenvalue weighted by molar-refractivity contribution is 6.13. The summed E-state index contributed by atoms with van der Waals surface area (Å²) in [6.07, 6.45) is 3.52. The third kappa shape index (κ3) is 3.73. The van der Waals surface area contributed by atoms with Gasteiger partial charge in [-0.1, -0.05) is 18.2 Å². The number of pyridine rings is 2. The van der Waals surface area contributed by atoms with Gasteiger partial charge in [0.1, 0.15) is 11.5 Å². The zero-order valence-corrected chi connectivity index (χ0v) is 16.1. The maximum absolute atomic E-state index is 13.1. The van der Waals surface area contributed by atoms with Crippen molar-refractivity contribution in [2.45, 2.75) is 0 Å². The molecule has 0 fully saturated rings. The Hall–Kier alpha value is -3.93. The van der Waals surface area contributed by atoms with Crippen molar-refractivity contribution >= 4 is 22.5 Å². The van der Waals surface area contributed by atoms with Crippen molar-refractivity contribution in [1.29, 1.82) is 0 Å². The van der Waals surface area contributed by atoms with E-state index < -0.39 is 0 Å². The van der Waals surface area contributed by atoms with Crippen LogP contribution < -0.4 is 19.8 Å². The lowest BCUT2D eigenvalue weighted by Crippen LogP contribution is -2.14. The van der Waals surface area contributed by atoms with Crippen molar-refractivity contribution in [2.75, 3.05) is 19.5 Å². The number of hydrogen-bond donors (Lipinski definition) is 1. The Balaban J connectivity index is 1.84. The molecule has 0 aliphatic rings. The molecule has 2 aromatic carbocycles. The number of methoxy groups -OCH3 is 2. The van der Waals surface area contributed by atoms with Gasteiger partial charge in [0.2, 0.25) is 0 Å². The van der Waals surface area contributed by atoms with Gasteiger partial charge in [-0.25, -0.2) is 9.97 Å². The van der Waals surface area contributed by atoms with Crippen LogP contribution in [-0.4, -0.2) is 25.1 Å². The molecule has 0 saturated heterocycles. The van der Waals surface area contributed by atoms with Gasteiger partial charge in [0.25, 0.3) is 5.91 Å². The fraction of sp³-hybridized carbons (Fsp3) is 0.0870. The zero-order valence-electron chi connectivity index (χ0n) is 16.1. The second-order valence-electron chi connectivity index (χ2n) is 6.38. The number of nitrogens with one attached hydrogen (secondary N) is 2. The lowest BCUT2D eigenvalue weighted by Gasteiger charge is -2.13. The highest BCUT2D eigenvalue weighted by atomic mass is 16.5. The average molecular weight is 386 g/mol. The van der Waals surface area contributed by atoms with Gasteiger partial charge in [0.05, 0.1) is 36.7 Å². The number of aromatic amines is 1. The number of benzene rings is 2. The quantitative estimate of drug-likeness (QED) is 0.563. The van der Waals surface area contributed by atoms with E-state index in [0.29, 0.717) is 28.4 Å².